The second-order valence-electron chi connectivity index (χ2n) is 11.4. The first-order valence-corrected chi connectivity index (χ1v) is 14.0. The number of rotatable bonds is 4. The van der Waals surface area contributed by atoms with E-state index in [9.17, 15) is 23.2 Å². The maximum atomic E-state index is 14.3. The molecule has 5 rings (SSSR count). The minimum Gasteiger partial charge on any atom is -0.339 e. The first kappa shape index (κ1) is 27.3. The average molecular weight is 552 g/mol. The molecule has 4 saturated heterocycles. The molecular formula is C27H36ClF2N5O3. The van der Waals surface area contributed by atoms with E-state index in [-0.39, 0.29) is 36.7 Å². The summed E-state index contributed by atoms with van der Waals surface area (Å²) >= 11 is 6.46. The first-order chi connectivity index (χ1) is 18.1. The summed E-state index contributed by atoms with van der Waals surface area (Å²) in [6.45, 7) is 5.82. The van der Waals surface area contributed by atoms with Gasteiger partial charge in [-0.15, -0.1) is 0 Å². The van der Waals surface area contributed by atoms with Crippen LogP contribution in [0.3, 0.4) is 0 Å². The number of urea groups is 1. The molecule has 4 aliphatic heterocycles. The van der Waals surface area contributed by atoms with Gasteiger partial charge in [-0.3, -0.25) is 19.8 Å². The van der Waals surface area contributed by atoms with E-state index < -0.39 is 17.9 Å². The number of alkyl halides is 2. The highest BCUT2D eigenvalue weighted by Gasteiger charge is 2.44. The number of hydrogen-bond donors (Lipinski definition) is 2. The number of carbonyl (C=O) groups excluding carboxylic acids is 3. The Bertz CT molecular complexity index is 1100. The molecule has 4 amide bonds. The van der Waals surface area contributed by atoms with E-state index in [4.69, 9.17) is 11.6 Å². The van der Waals surface area contributed by atoms with Gasteiger partial charge in [-0.1, -0.05) is 11.6 Å². The number of benzene rings is 1. The number of imide groups is 1. The van der Waals surface area contributed by atoms with Crippen LogP contribution in [-0.4, -0.2) is 85.9 Å². The summed E-state index contributed by atoms with van der Waals surface area (Å²) in [5.41, 5.74) is 1.79. The molecule has 1 aromatic carbocycles. The van der Waals surface area contributed by atoms with Gasteiger partial charge in [0.05, 0.1) is 12.2 Å². The largest absolute Gasteiger partial charge is 0.339 e. The van der Waals surface area contributed by atoms with Gasteiger partial charge in [0.25, 0.3) is 11.8 Å². The smallest absolute Gasteiger partial charge is 0.328 e. The average Bonchev–Trinajstić information content (AvgIpc) is 2.88. The lowest BCUT2D eigenvalue weighted by molar-refractivity contribution is -0.120. The highest BCUT2D eigenvalue weighted by atomic mass is 35.5. The Kier molecular flexibility index (Phi) is 7.68. The van der Waals surface area contributed by atoms with Gasteiger partial charge < -0.3 is 15.1 Å². The van der Waals surface area contributed by atoms with E-state index in [0.29, 0.717) is 54.4 Å². The van der Waals surface area contributed by atoms with Crippen LogP contribution in [-0.2, 0) is 4.79 Å². The molecule has 4 fully saturated rings. The Morgan fingerprint density at radius 1 is 1.08 bits per heavy atom. The molecule has 0 radical (unpaired) electrons. The van der Waals surface area contributed by atoms with Crippen LogP contribution in [0.4, 0.5) is 19.3 Å². The SMILES string of the molecule is Cc1c(Cl)cc(C(=O)N2CCC3(CCN(CC4CCNCC4(F)F)CC3)CC2)cc1N1CCC(=O)NC1=O. The lowest BCUT2D eigenvalue weighted by Crippen LogP contribution is -2.53. The summed E-state index contributed by atoms with van der Waals surface area (Å²) < 4.78 is 28.5. The van der Waals surface area contributed by atoms with E-state index in [1.165, 1.54) is 4.90 Å². The van der Waals surface area contributed by atoms with Gasteiger partial charge in [-0.25, -0.2) is 13.6 Å². The van der Waals surface area contributed by atoms with Crippen LogP contribution < -0.4 is 15.5 Å². The molecule has 208 valence electrons. The lowest BCUT2D eigenvalue weighted by Gasteiger charge is -2.48. The van der Waals surface area contributed by atoms with Gasteiger partial charge in [0.2, 0.25) is 5.91 Å². The van der Waals surface area contributed by atoms with Crippen molar-refractivity contribution >= 4 is 35.1 Å². The highest BCUT2D eigenvalue weighted by Crippen LogP contribution is 2.42. The minimum atomic E-state index is -2.65. The van der Waals surface area contributed by atoms with Gasteiger partial charge in [-0.2, -0.15) is 0 Å². The van der Waals surface area contributed by atoms with E-state index in [1.807, 2.05) is 4.90 Å². The summed E-state index contributed by atoms with van der Waals surface area (Å²) in [6, 6.07) is 2.83. The molecule has 0 aromatic heterocycles. The van der Waals surface area contributed by atoms with Gasteiger partial charge >= 0.3 is 6.03 Å². The van der Waals surface area contributed by atoms with Crippen molar-refractivity contribution in [2.45, 2.75) is 51.4 Å². The molecule has 1 atom stereocenters. The van der Waals surface area contributed by atoms with Gasteiger partial charge in [0, 0.05) is 49.1 Å². The minimum absolute atomic E-state index is 0.123. The topological polar surface area (TPSA) is 85.0 Å². The number of hydrogen-bond acceptors (Lipinski definition) is 5. The van der Waals surface area contributed by atoms with Crippen LogP contribution in [0.1, 0.15) is 54.4 Å². The third-order valence-corrected chi connectivity index (χ3v) is 9.44. The highest BCUT2D eigenvalue weighted by molar-refractivity contribution is 6.32. The standard InChI is InChI=1S/C27H36ClF2N5O3/c1-18-21(28)14-19(15-22(18)35-9-3-23(36)32-25(35)38)24(37)34-12-6-26(7-13-34)4-10-33(11-5-26)16-20-2-8-31-17-27(20,29)30/h14-15,20,31H,2-13,16-17H2,1H3,(H,32,36,38). The van der Waals surface area contributed by atoms with E-state index in [1.54, 1.807) is 19.1 Å². The molecule has 4 aliphatic rings. The zero-order valence-corrected chi connectivity index (χ0v) is 22.6. The molecule has 1 unspecified atom stereocenters. The maximum absolute atomic E-state index is 14.3. The molecule has 0 saturated carbocycles. The molecule has 1 spiro atoms. The monoisotopic (exact) mass is 551 g/mol. The normalized spacial score (nSPS) is 25.9. The predicted molar refractivity (Wildman–Crippen MR) is 141 cm³/mol. The second kappa shape index (κ2) is 10.7. The summed E-state index contributed by atoms with van der Waals surface area (Å²) in [4.78, 5) is 42.9. The molecule has 4 heterocycles. The number of carbonyl (C=O) groups is 3. The fraction of sp³-hybridized carbons (Fsp3) is 0.667. The van der Waals surface area contributed by atoms with E-state index >= 15 is 0 Å². The number of anilines is 1. The Labute approximate surface area is 227 Å². The van der Waals surface area contributed by atoms with Gasteiger partial charge in [0.15, 0.2) is 0 Å². The van der Waals surface area contributed by atoms with Crippen molar-refractivity contribution in [3.63, 3.8) is 0 Å². The predicted octanol–water partition coefficient (Wildman–Crippen LogP) is 3.66. The van der Waals surface area contributed by atoms with Crippen molar-refractivity contribution in [3.8, 4) is 0 Å². The third kappa shape index (κ3) is 5.53. The third-order valence-electron chi connectivity index (χ3n) is 9.04. The summed E-state index contributed by atoms with van der Waals surface area (Å²) in [5, 5.41) is 5.52. The Hall–Kier alpha value is -2.30. The van der Waals surface area contributed by atoms with Crippen LogP contribution in [0.15, 0.2) is 12.1 Å². The Morgan fingerprint density at radius 3 is 2.42 bits per heavy atom. The number of nitrogens with zero attached hydrogens (tertiary/aromatic N) is 3. The van der Waals surface area contributed by atoms with Gasteiger partial charge in [-0.05, 0) is 81.8 Å². The molecule has 2 N–H and O–H groups in total. The zero-order valence-electron chi connectivity index (χ0n) is 21.8. The number of halogens is 3. The van der Waals surface area contributed by atoms with Crippen LogP contribution in [0.5, 0.6) is 0 Å². The maximum Gasteiger partial charge on any atom is 0.328 e. The van der Waals surface area contributed by atoms with Crippen molar-refractivity contribution < 1.29 is 23.2 Å². The number of piperidine rings is 3. The molecule has 0 bridgehead atoms. The van der Waals surface area contributed by atoms with Crippen molar-refractivity contribution in [2.24, 2.45) is 11.3 Å². The quantitative estimate of drug-likeness (QED) is 0.597. The van der Waals surface area contributed by atoms with Gasteiger partial charge in [0.1, 0.15) is 0 Å². The van der Waals surface area contributed by atoms with Crippen LogP contribution >= 0.6 is 11.6 Å². The number of nitrogens with one attached hydrogen (secondary N) is 2. The van der Waals surface area contributed by atoms with Crippen LogP contribution in [0.2, 0.25) is 5.02 Å². The lowest BCUT2D eigenvalue weighted by atomic mass is 9.71. The van der Waals surface area contributed by atoms with Crippen molar-refractivity contribution in [2.75, 3.05) is 57.3 Å². The fourth-order valence-corrected chi connectivity index (χ4v) is 6.58. The molecular weight excluding hydrogens is 516 g/mol. The Morgan fingerprint density at radius 2 is 1.76 bits per heavy atom. The molecule has 11 heteroatoms. The Balaban J connectivity index is 1.19. The molecule has 1 aromatic rings. The van der Waals surface area contributed by atoms with Crippen LogP contribution in [0, 0.1) is 18.3 Å². The van der Waals surface area contributed by atoms with Crippen molar-refractivity contribution in [3.05, 3.63) is 28.3 Å². The fourth-order valence-electron chi connectivity index (χ4n) is 6.36. The molecule has 8 nitrogen and oxygen atoms in total. The molecule has 0 aliphatic carbocycles. The summed E-state index contributed by atoms with van der Waals surface area (Å²) in [6.07, 6.45) is 4.41. The van der Waals surface area contributed by atoms with Crippen molar-refractivity contribution in [1.29, 1.82) is 0 Å². The van der Waals surface area contributed by atoms with E-state index in [2.05, 4.69) is 15.5 Å². The number of amides is 4. The van der Waals surface area contributed by atoms with Crippen LogP contribution in [0.25, 0.3) is 0 Å². The summed E-state index contributed by atoms with van der Waals surface area (Å²) in [5.74, 6) is -3.67. The number of likely N-dealkylation sites (tertiary alicyclic amines) is 2. The van der Waals surface area contributed by atoms with Crippen molar-refractivity contribution in [1.82, 2.24) is 20.4 Å². The second-order valence-corrected chi connectivity index (χ2v) is 11.8. The zero-order chi connectivity index (χ0) is 27.1. The summed E-state index contributed by atoms with van der Waals surface area (Å²) in [7, 11) is 0. The van der Waals surface area contributed by atoms with E-state index in [0.717, 1.165) is 38.8 Å². The first-order valence-electron chi connectivity index (χ1n) is 13.6. The molecule has 38 heavy (non-hydrogen) atoms.